The molecule has 9 heteroatoms. The Kier molecular flexibility index (Phi) is 4.78. The summed E-state index contributed by atoms with van der Waals surface area (Å²) in [7, 11) is 0. The van der Waals surface area contributed by atoms with Crippen LogP contribution in [0.3, 0.4) is 0 Å². The number of aromatic nitrogens is 2. The first-order chi connectivity index (χ1) is 15.3. The van der Waals surface area contributed by atoms with Gasteiger partial charge in [0.1, 0.15) is 23.2 Å². The van der Waals surface area contributed by atoms with Crippen LogP contribution in [0.1, 0.15) is 19.7 Å². The maximum atomic E-state index is 13.5. The van der Waals surface area contributed by atoms with Crippen molar-refractivity contribution in [2.45, 2.75) is 32.5 Å². The van der Waals surface area contributed by atoms with Crippen LogP contribution in [0.25, 0.3) is 11.3 Å². The number of nitrogens with zero attached hydrogens (tertiary/aromatic N) is 3. The smallest absolute Gasteiger partial charge is 0.242 e. The van der Waals surface area contributed by atoms with Gasteiger partial charge in [0.05, 0.1) is 12.1 Å². The lowest BCUT2D eigenvalue weighted by molar-refractivity contribution is -0.137. The van der Waals surface area contributed by atoms with E-state index in [0.717, 1.165) is 22.9 Å². The van der Waals surface area contributed by atoms with Crippen LogP contribution in [0, 0.1) is 5.82 Å². The van der Waals surface area contributed by atoms with Crippen molar-refractivity contribution < 1.29 is 18.7 Å². The number of nitrogens with one attached hydrogen (secondary N) is 1. The number of carbonyl (C=O) groups is 1. The Morgan fingerprint density at radius 2 is 1.88 bits per heavy atom. The van der Waals surface area contributed by atoms with Crippen LogP contribution >= 0.6 is 0 Å². The number of benzene rings is 2. The molecule has 3 N–H and O–H groups in total. The molecule has 0 bridgehead atoms. The SMILES string of the molecule is CC(C)(N)C(=O)N1CCn2c(nc(-c3ccc(F)cc3)c2Nc2ccc3c(c2)OCO3)C1. The highest BCUT2D eigenvalue weighted by Crippen LogP contribution is 2.38. The van der Waals surface area contributed by atoms with Gasteiger partial charge < -0.3 is 30.0 Å². The Hall–Kier alpha value is -3.59. The average molecular weight is 437 g/mol. The lowest BCUT2D eigenvalue weighted by Crippen LogP contribution is -2.52. The fourth-order valence-corrected chi connectivity index (χ4v) is 3.96. The van der Waals surface area contributed by atoms with Crippen molar-refractivity contribution in [2.24, 2.45) is 5.73 Å². The molecule has 2 aromatic carbocycles. The normalized spacial score (nSPS) is 14.9. The van der Waals surface area contributed by atoms with Gasteiger partial charge in [-0.1, -0.05) is 0 Å². The molecule has 32 heavy (non-hydrogen) atoms. The molecular formula is C23H24FN5O3. The van der Waals surface area contributed by atoms with E-state index in [4.69, 9.17) is 20.2 Å². The Balaban J connectivity index is 1.54. The van der Waals surface area contributed by atoms with E-state index in [0.29, 0.717) is 36.8 Å². The summed E-state index contributed by atoms with van der Waals surface area (Å²) >= 11 is 0. The van der Waals surface area contributed by atoms with Gasteiger partial charge in [-0.3, -0.25) is 4.79 Å². The molecule has 1 amide bonds. The molecule has 8 nitrogen and oxygen atoms in total. The number of rotatable bonds is 4. The van der Waals surface area contributed by atoms with E-state index < -0.39 is 5.54 Å². The Bertz CT molecular complexity index is 1180. The zero-order chi connectivity index (χ0) is 22.5. The van der Waals surface area contributed by atoms with E-state index in [1.54, 1.807) is 30.9 Å². The van der Waals surface area contributed by atoms with Crippen molar-refractivity contribution in [3.63, 3.8) is 0 Å². The number of amides is 1. The Morgan fingerprint density at radius 1 is 1.12 bits per heavy atom. The van der Waals surface area contributed by atoms with Gasteiger partial charge in [-0.05, 0) is 50.2 Å². The summed E-state index contributed by atoms with van der Waals surface area (Å²) < 4.78 is 26.5. The molecule has 0 atom stereocenters. The van der Waals surface area contributed by atoms with E-state index >= 15 is 0 Å². The maximum absolute atomic E-state index is 13.5. The molecule has 1 aromatic heterocycles. The van der Waals surface area contributed by atoms with Gasteiger partial charge in [-0.15, -0.1) is 0 Å². The fourth-order valence-electron chi connectivity index (χ4n) is 3.96. The third kappa shape index (κ3) is 3.64. The van der Waals surface area contributed by atoms with Gasteiger partial charge in [0.15, 0.2) is 11.5 Å². The van der Waals surface area contributed by atoms with E-state index in [1.165, 1.54) is 12.1 Å². The van der Waals surface area contributed by atoms with Gasteiger partial charge in [-0.25, -0.2) is 9.37 Å². The minimum absolute atomic E-state index is 0.125. The average Bonchev–Trinajstić information content (AvgIpc) is 3.37. The molecule has 0 radical (unpaired) electrons. The molecule has 0 saturated heterocycles. The van der Waals surface area contributed by atoms with Crippen molar-refractivity contribution >= 4 is 17.4 Å². The minimum Gasteiger partial charge on any atom is -0.454 e. The molecule has 0 fully saturated rings. The highest BCUT2D eigenvalue weighted by Gasteiger charge is 2.32. The second-order valence-corrected chi connectivity index (χ2v) is 8.53. The predicted molar refractivity (Wildman–Crippen MR) is 117 cm³/mol. The molecule has 2 aliphatic rings. The van der Waals surface area contributed by atoms with Crippen LogP contribution in [0.15, 0.2) is 42.5 Å². The number of anilines is 2. The fraction of sp³-hybridized carbons (Fsp3) is 0.304. The molecule has 0 spiro atoms. The van der Waals surface area contributed by atoms with Gasteiger partial charge >= 0.3 is 0 Å². The Labute approximate surface area is 184 Å². The summed E-state index contributed by atoms with van der Waals surface area (Å²) in [4.78, 5) is 19.3. The number of ether oxygens (including phenoxy) is 2. The number of fused-ring (bicyclic) bond motifs is 2. The summed E-state index contributed by atoms with van der Waals surface area (Å²) in [6.07, 6.45) is 0. The van der Waals surface area contributed by atoms with Crippen LogP contribution in [0.5, 0.6) is 11.5 Å². The first kappa shape index (κ1) is 20.3. The molecule has 3 aromatic rings. The van der Waals surface area contributed by atoms with Crippen molar-refractivity contribution in [1.29, 1.82) is 0 Å². The predicted octanol–water partition coefficient (Wildman–Crippen LogP) is 3.24. The minimum atomic E-state index is -0.956. The lowest BCUT2D eigenvalue weighted by Gasteiger charge is -2.33. The molecule has 0 saturated carbocycles. The molecule has 0 unspecified atom stereocenters. The van der Waals surface area contributed by atoms with Crippen LogP contribution < -0.4 is 20.5 Å². The second-order valence-electron chi connectivity index (χ2n) is 8.53. The van der Waals surface area contributed by atoms with E-state index in [9.17, 15) is 9.18 Å². The van der Waals surface area contributed by atoms with Crippen LogP contribution in [-0.4, -0.2) is 39.2 Å². The maximum Gasteiger partial charge on any atom is 0.242 e. The number of imidazole rings is 1. The number of halogens is 1. The summed E-state index contributed by atoms with van der Waals surface area (Å²) in [5.74, 6) is 2.42. The number of carbonyl (C=O) groups excluding carboxylic acids is 1. The summed E-state index contributed by atoms with van der Waals surface area (Å²) in [5.41, 5.74) is 7.33. The van der Waals surface area contributed by atoms with E-state index in [2.05, 4.69) is 9.88 Å². The Morgan fingerprint density at radius 3 is 2.62 bits per heavy atom. The zero-order valence-corrected chi connectivity index (χ0v) is 17.9. The second kappa shape index (κ2) is 7.52. The van der Waals surface area contributed by atoms with Crippen LogP contribution in [-0.2, 0) is 17.9 Å². The number of nitrogens with two attached hydrogens (primary N) is 1. The summed E-state index contributed by atoms with van der Waals surface area (Å²) in [6.45, 7) is 5.01. The van der Waals surface area contributed by atoms with Crippen LogP contribution in [0.2, 0.25) is 0 Å². The number of hydrogen-bond donors (Lipinski definition) is 2. The van der Waals surface area contributed by atoms with Gasteiger partial charge in [0.25, 0.3) is 0 Å². The zero-order valence-electron chi connectivity index (χ0n) is 17.9. The third-order valence-electron chi connectivity index (χ3n) is 5.56. The summed E-state index contributed by atoms with van der Waals surface area (Å²) in [6, 6.07) is 11.8. The highest BCUT2D eigenvalue weighted by atomic mass is 19.1. The molecule has 166 valence electrons. The molecular weight excluding hydrogens is 413 g/mol. The first-order valence-electron chi connectivity index (χ1n) is 10.4. The van der Waals surface area contributed by atoms with Gasteiger partial charge in [-0.2, -0.15) is 0 Å². The molecule has 2 aliphatic heterocycles. The van der Waals surface area contributed by atoms with Crippen molar-refractivity contribution in [3.05, 3.63) is 54.1 Å². The van der Waals surface area contributed by atoms with E-state index in [-0.39, 0.29) is 18.5 Å². The number of hydrogen-bond acceptors (Lipinski definition) is 6. The third-order valence-corrected chi connectivity index (χ3v) is 5.56. The quantitative estimate of drug-likeness (QED) is 0.651. The van der Waals surface area contributed by atoms with Crippen LogP contribution in [0.4, 0.5) is 15.9 Å². The standard InChI is InChI=1S/C23H24FN5O3/c1-23(2,25)22(30)28-9-10-29-19(12-28)27-20(14-3-5-15(24)6-4-14)21(29)26-16-7-8-17-18(11-16)32-13-31-17/h3-8,11,26H,9-10,12-13,25H2,1-2H3. The molecule has 0 aliphatic carbocycles. The van der Waals surface area contributed by atoms with Crippen molar-refractivity contribution in [2.75, 3.05) is 18.7 Å². The molecule has 3 heterocycles. The van der Waals surface area contributed by atoms with E-state index in [1.807, 2.05) is 18.2 Å². The largest absolute Gasteiger partial charge is 0.454 e. The van der Waals surface area contributed by atoms with Crippen molar-refractivity contribution in [3.8, 4) is 22.8 Å². The monoisotopic (exact) mass is 437 g/mol. The first-order valence-corrected chi connectivity index (χ1v) is 10.4. The lowest BCUT2D eigenvalue weighted by atomic mass is 10.1. The molecule has 5 rings (SSSR count). The van der Waals surface area contributed by atoms with Crippen molar-refractivity contribution in [1.82, 2.24) is 14.5 Å². The summed E-state index contributed by atoms with van der Waals surface area (Å²) in [5, 5.41) is 3.44. The van der Waals surface area contributed by atoms with Gasteiger partial charge in [0, 0.05) is 30.4 Å². The van der Waals surface area contributed by atoms with Gasteiger partial charge in [0.2, 0.25) is 12.7 Å². The highest BCUT2D eigenvalue weighted by molar-refractivity contribution is 5.85. The topological polar surface area (TPSA) is 94.6 Å².